The van der Waals surface area contributed by atoms with Gasteiger partial charge in [-0.3, -0.25) is 10.1 Å². The van der Waals surface area contributed by atoms with E-state index in [0.717, 1.165) is 6.07 Å². The average molecular weight is 269 g/mol. The molecule has 0 aliphatic carbocycles. The number of pyridine rings is 1. The minimum absolute atomic E-state index is 0.116. The van der Waals surface area contributed by atoms with E-state index in [1.165, 1.54) is 30.3 Å². The molecule has 0 spiro atoms. The van der Waals surface area contributed by atoms with Crippen LogP contribution < -0.4 is 4.73 Å². The molecule has 0 aliphatic rings. The average Bonchev–Trinajstić information content (AvgIpc) is 2.33. The molecule has 18 heavy (non-hydrogen) atoms. The highest BCUT2D eigenvalue weighted by atomic mass is 35.5. The molecule has 5 nitrogen and oxygen atoms in total. The van der Waals surface area contributed by atoms with Gasteiger partial charge in [-0.1, -0.05) is 0 Å². The second kappa shape index (κ2) is 4.58. The molecule has 0 atom stereocenters. The van der Waals surface area contributed by atoms with Crippen LogP contribution in [0.4, 0.5) is 10.1 Å². The van der Waals surface area contributed by atoms with Crippen LogP contribution in [-0.4, -0.2) is 4.92 Å². The Balaban J connectivity index is 2.57. The Morgan fingerprint density at radius 2 is 1.78 bits per heavy atom. The van der Waals surface area contributed by atoms with Crippen molar-refractivity contribution in [1.29, 1.82) is 0 Å². The maximum Gasteiger partial charge on any atom is 0.365 e. The molecule has 1 aromatic heterocycles. The smallest absolute Gasteiger partial charge is 0.365 e. The molecule has 1 heterocycles. The quantitative estimate of drug-likeness (QED) is 0.276. The van der Waals surface area contributed by atoms with Gasteiger partial charge in [0.1, 0.15) is 5.82 Å². The molecule has 2 rings (SSSR count). The van der Waals surface area contributed by atoms with E-state index < -0.39 is 21.6 Å². The summed E-state index contributed by atoms with van der Waals surface area (Å²) in [5, 5.41) is 21.8. The lowest BCUT2D eigenvalue weighted by molar-refractivity contribution is -0.595. The SMILES string of the molecule is O=[N+]([O-])c1ccc(-c2ccc(F)cc2)[n+]([O-])c1Cl. The van der Waals surface area contributed by atoms with Gasteiger partial charge in [-0.15, -0.1) is 4.73 Å². The predicted molar refractivity (Wildman–Crippen MR) is 62.5 cm³/mol. The van der Waals surface area contributed by atoms with E-state index >= 15 is 0 Å². The molecular formula is C11H6ClFN2O3. The number of rotatable bonds is 2. The van der Waals surface area contributed by atoms with Gasteiger partial charge in [-0.2, -0.15) is 0 Å². The first kappa shape index (κ1) is 12.3. The van der Waals surface area contributed by atoms with Gasteiger partial charge >= 0.3 is 10.8 Å². The molecule has 7 heteroatoms. The van der Waals surface area contributed by atoms with Crippen molar-refractivity contribution < 1.29 is 14.0 Å². The second-order valence-electron chi connectivity index (χ2n) is 3.45. The third-order valence-electron chi connectivity index (χ3n) is 2.34. The summed E-state index contributed by atoms with van der Waals surface area (Å²) in [5.41, 5.74) is 0.0614. The zero-order valence-corrected chi connectivity index (χ0v) is 9.60. The molecule has 1 aromatic carbocycles. The molecular weight excluding hydrogens is 263 g/mol. The first-order valence-electron chi connectivity index (χ1n) is 4.83. The largest absolute Gasteiger partial charge is 0.617 e. The summed E-state index contributed by atoms with van der Waals surface area (Å²) in [6.07, 6.45) is 0. The number of hydrogen-bond acceptors (Lipinski definition) is 3. The summed E-state index contributed by atoms with van der Waals surface area (Å²) in [6, 6.07) is 7.55. The van der Waals surface area contributed by atoms with Crippen molar-refractivity contribution in [2.75, 3.05) is 0 Å². The lowest BCUT2D eigenvalue weighted by atomic mass is 10.1. The Kier molecular flexibility index (Phi) is 3.12. The predicted octanol–water partition coefficient (Wildman–Crippen LogP) is 2.69. The van der Waals surface area contributed by atoms with E-state index in [-0.39, 0.29) is 10.4 Å². The molecule has 0 bridgehead atoms. The molecule has 0 amide bonds. The fraction of sp³-hybridized carbons (Fsp3) is 0. The molecule has 0 radical (unpaired) electrons. The first-order chi connectivity index (χ1) is 8.50. The number of hydrogen-bond donors (Lipinski definition) is 0. The number of nitrogens with zero attached hydrogens (tertiary/aromatic N) is 2. The Morgan fingerprint density at radius 1 is 1.17 bits per heavy atom. The van der Waals surface area contributed by atoms with Crippen LogP contribution in [0.3, 0.4) is 0 Å². The van der Waals surface area contributed by atoms with Crippen molar-refractivity contribution in [1.82, 2.24) is 0 Å². The van der Waals surface area contributed by atoms with Crippen LogP contribution in [0.1, 0.15) is 0 Å². The number of benzene rings is 1. The van der Waals surface area contributed by atoms with Crippen molar-refractivity contribution in [2.24, 2.45) is 0 Å². The van der Waals surface area contributed by atoms with Crippen LogP contribution in [0, 0.1) is 21.1 Å². The monoisotopic (exact) mass is 268 g/mol. The third-order valence-corrected chi connectivity index (χ3v) is 2.69. The maximum atomic E-state index is 12.8. The van der Waals surface area contributed by atoms with Crippen LogP contribution in [0.25, 0.3) is 11.3 Å². The molecule has 0 aliphatic heterocycles. The zero-order valence-electron chi connectivity index (χ0n) is 8.84. The Morgan fingerprint density at radius 3 is 2.33 bits per heavy atom. The van der Waals surface area contributed by atoms with Crippen molar-refractivity contribution in [2.45, 2.75) is 0 Å². The van der Waals surface area contributed by atoms with Gasteiger partial charge in [0.15, 0.2) is 0 Å². The van der Waals surface area contributed by atoms with Crippen molar-refractivity contribution in [3.8, 4) is 11.3 Å². The summed E-state index contributed by atoms with van der Waals surface area (Å²) in [6.45, 7) is 0. The number of halogens is 2. The minimum atomic E-state index is -0.745. The fourth-order valence-electron chi connectivity index (χ4n) is 1.47. The van der Waals surface area contributed by atoms with Gasteiger partial charge < -0.3 is 5.21 Å². The molecule has 92 valence electrons. The maximum absolute atomic E-state index is 12.8. The topological polar surface area (TPSA) is 70.1 Å². The number of nitro groups is 1. The van der Waals surface area contributed by atoms with E-state index in [2.05, 4.69) is 0 Å². The second-order valence-corrected chi connectivity index (χ2v) is 3.81. The summed E-state index contributed by atoms with van der Waals surface area (Å²) >= 11 is 5.61. The van der Waals surface area contributed by atoms with Gasteiger partial charge in [0.2, 0.25) is 5.69 Å². The van der Waals surface area contributed by atoms with E-state index in [1.807, 2.05) is 0 Å². The zero-order chi connectivity index (χ0) is 13.3. The number of aromatic nitrogens is 1. The van der Waals surface area contributed by atoms with Crippen LogP contribution in [-0.2, 0) is 0 Å². The lowest BCUT2D eigenvalue weighted by Gasteiger charge is -2.05. The standard InChI is InChI=1S/C11H6ClFN2O3/c12-11-10(15(17)18)6-5-9(14(11)16)7-1-3-8(13)4-2-7/h1-6H. The minimum Gasteiger partial charge on any atom is -0.617 e. The van der Waals surface area contributed by atoms with Gasteiger partial charge in [0, 0.05) is 17.7 Å². The molecule has 0 saturated carbocycles. The van der Waals surface area contributed by atoms with Gasteiger partial charge in [0.05, 0.1) is 4.92 Å². The van der Waals surface area contributed by atoms with Crippen molar-refractivity contribution in [3.05, 3.63) is 62.7 Å². The Bertz CT molecular complexity index is 616. The summed E-state index contributed by atoms with van der Waals surface area (Å²) < 4.78 is 13.0. The molecule has 0 saturated heterocycles. The highest BCUT2D eigenvalue weighted by Gasteiger charge is 2.24. The van der Waals surface area contributed by atoms with Crippen LogP contribution >= 0.6 is 11.6 Å². The molecule has 0 N–H and O–H groups in total. The molecule has 0 unspecified atom stereocenters. The third kappa shape index (κ3) is 2.10. The molecule has 0 fully saturated rings. The van der Waals surface area contributed by atoms with E-state index in [0.29, 0.717) is 5.56 Å². The fourth-order valence-corrected chi connectivity index (χ4v) is 1.70. The molecule has 2 aromatic rings. The van der Waals surface area contributed by atoms with Crippen molar-refractivity contribution in [3.63, 3.8) is 0 Å². The summed E-state index contributed by atoms with van der Waals surface area (Å²) in [7, 11) is 0. The highest BCUT2D eigenvalue weighted by molar-refractivity contribution is 6.30. The van der Waals surface area contributed by atoms with Crippen LogP contribution in [0.5, 0.6) is 0 Å². The Hall–Kier alpha value is -2.21. The summed E-state index contributed by atoms with van der Waals surface area (Å²) in [5.74, 6) is -0.441. The Labute approximate surface area is 106 Å². The van der Waals surface area contributed by atoms with E-state index in [4.69, 9.17) is 11.6 Å². The lowest BCUT2D eigenvalue weighted by Crippen LogP contribution is -2.31. The van der Waals surface area contributed by atoms with E-state index in [1.54, 1.807) is 0 Å². The van der Waals surface area contributed by atoms with Crippen LogP contribution in [0.2, 0.25) is 5.15 Å². The summed E-state index contributed by atoms with van der Waals surface area (Å²) in [4.78, 5) is 9.84. The van der Waals surface area contributed by atoms with Crippen LogP contribution in [0.15, 0.2) is 36.4 Å². The normalized spacial score (nSPS) is 10.3. The highest BCUT2D eigenvalue weighted by Crippen LogP contribution is 2.24. The van der Waals surface area contributed by atoms with E-state index in [9.17, 15) is 19.7 Å². The first-order valence-corrected chi connectivity index (χ1v) is 5.21. The van der Waals surface area contributed by atoms with Gasteiger partial charge in [0.25, 0.3) is 0 Å². The van der Waals surface area contributed by atoms with Crippen molar-refractivity contribution >= 4 is 17.3 Å². The van der Waals surface area contributed by atoms with Gasteiger partial charge in [-0.05, 0) is 35.9 Å². The van der Waals surface area contributed by atoms with Gasteiger partial charge in [-0.25, -0.2) is 4.39 Å².